The summed E-state index contributed by atoms with van der Waals surface area (Å²) in [5.74, 6) is -2.06. The van der Waals surface area contributed by atoms with Gasteiger partial charge in [0.15, 0.2) is 23.1 Å². The first-order valence-corrected chi connectivity index (χ1v) is 9.54. The molecule has 4 rings (SSSR count). The van der Waals surface area contributed by atoms with Gasteiger partial charge >= 0.3 is 6.18 Å². The molecule has 0 saturated carbocycles. The van der Waals surface area contributed by atoms with Gasteiger partial charge in [0.05, 0.1) is 23.8 Å². The zero-order valence-corrected chi connectivity index (χ0v) is 16.3. The highest BCUT2D eigenvalue weighted by Crippen LogP contribution is 2.38. The van der Waals surface area contributed by atoms with Gasteiger partial charge in [0.25, 0.3) is 0 Å². The number of aliphatic hydroxyl groups is 1. The van der Waals surface area contributed by atoms with Crippen molar-refractivity contribution >= 4 is 11.5 Å². The maximum atomic E-state index is 14.6. The number of nitrogens with zero attached hydrogens (tertiary/aromatic N) is 4. The minimum absolute atomic E-state index is 0.0149. The van der Waals surface area contributed by atoms with Crippen LogP contribution in [0.25, 0.3) is 17.0 Å². The van der Waals surface area contributed by atoms with Crippen molar-refractivity contribution in [3.05, 3.63) is 42.0 Å². The van der Waals surface area contributed by atoms with Gasteiger partial charge in [-0.05, 0) is 26.3 Å². The van der Waals surface area contributed by atoms with Crippen LogP contribution in [0.5, 0.6) is 0 Å². The fourth-order valence-electron chi connectivity index (χ4n) is 3.38. The molecule has 7 nitrogen and oxygen atoms in total. The minimum atomic E-state index is -4.99. The Morgan fingerprint density at radius 1 is 1.19 bits per heavy atom. The molecule has 0 spiro atoms. The fraction of sp³-hybridized carbons (Fsp3) is 0.421. The van der Waals surface area contributed by atoms with Crippen molar-refractivity contribution in [3.63, 3.8) is 0 Å². The summed E-state index contributed by atoms with van der Waals surface area (Å²) in [5, 5.41) is 16.0. The van der Waals surface area contributed by atoms with Crippen molar-refractivity contribution in [1.29, 1.82) is 0 Å². The number of hydrogen-bond donors (Lipinski definition) is 3. The number of hydrogen-bond acceptors (Lipinski definition) is 6. The minimum Gasteiger partial charge on any atom is -0.375 e. The Balaban J connectivity index is 1.77. The molecular formula is C19H19F5N6O. The van der Waals surface area contributed by atoms with E-state index in [9.17, 15) is 27.1 Å². The van der Waals surface area contributed by atoms with E-state index in [1.807, 2.05) is 0 Å². The fourth-order valence-corrected chi connectivity index (χ4v) is 3.38. The summed E-state index contributed by atoms with van der Waals surface area (Å²) in [4.78, 5) is 11.7. The number of aromatic nitrogens is 4. The van der Waals surface area contributed by atoms with Crippen LogP contribution in [0, 0.1) is 11.6 Å². The second-order valence-corrected chi connectivity index (χ2v) is 7.55. The maximum Gasteiger partial charge on any atom is 0.422 e. The maximum absolute atomic E-state index is 14.6. The van der Waals surface area contributed by atoms with Gasteiger partial charge in [-0.25, -0.2) is 18.7 Å². The van der Waals surface area contributed by atoms with Crippen LogP contribution in [0.15, 0.2) is 24.7 Å². The normalized spacial score (nSPS) is 19.4. The summed E-state index contributed by atoms with van der Waals surface area (Å²) < 4.78 is 69.7. The van der Waals surface area contributed by atoms with E-state index < -0.39 is 29.1 Å². The number of nitrogens with one attached hydrogen (secondary N) is 2. The molecule has 0 amide bonds. The lowest BCUT2D eigenvalue weighted by Gasteiger charge is -2.25. The molecule has 12 heteroatoms. The number of fused-ring (bicyclic) bond motifs is 1. The molecule has 3 N–H and O–H groups in total. The predicted molar refractivity (Wildman–Crippen MR) is 101 cm³/mol. The van der Waals surface area contributed by atoms with Crippen molar-refractivity contribution in [1.82, 2.24) is 24.7 Å². The number of alkyl halides is 3. The molecule has 0 aliphatic carbocycles. The number of piperidine rings is 1. The molecular weight excluding hydrogens is 423 g/mol. The van der Waals surface area contributed by atoms with Gasteiger partial charge in [-0.2, -0.15) is 13.2 Å². The van der Waals surface area contributed by atoms with Crippen molar-refractivity contribution < 1.29 is 27.1 Å². The van der Waals surface area contributed by atoms with Crippen LogP contribution in [-0.4, -0.2) is 49.8 Å². The SMILES string of the molecule is CC(O)(c1cn2c(-c3nc(NC4CCCNC4)c(F)cc3F)cnc2cn1)C(F)(F)F. The Labute approximate surface area is 173 Å². The van der Waals surface area contributed by atoms with Crippen LogP contribution in [0.4, 0.5) is 27.8 Å². The van der Waals surface area contributed by atoms with E-state index in [-0.39, 0.29) is 28.9 Å². The molecule has 1 fully saturated rings. The first-order valence-electron chi connectivity index (χ1n) is 9.54. The summed E-state index contributed by atoms with van der Waals surface area (Å²) >= 11 is 0. The van der Waals surface area contributed by atoms with Crippen molar-refractivity contribution in [2.45, 2.75) is 37.6 Å². The molecule has 3 aromatic rings. The molecule has 4 heterocycles. The standard InChI is InChI=1S/C19H19F5N6O/c1-18(31,19(22,23)24)14-9-30-13(7-27-15(30)8-26-14)16-11(20)5-12(21)17(29-16)28-10-3-2-4-25-6-10/h5,7-10,25,31H,2-4,6H2,1H3,(H,28,29). The molecule has 0 aromatic carbocycles. The van der Waals surface area contributed by atoms with Gasteiger partial charge in [0, 0.05) is 24.8 Å². The molecule has 166 valence electrons. The largest absolute Gasteiger partial charge is 0.422 e. The van der Waals surface area contributed by atoms with E-state index in [0.29, 0.717) is 19.5 Å². The van der Waals surface area contributed by atoms with Crippen molar-refractivity contribution in [2.24, 2.45) is 0 Å². The summed E-state index contributed by atoms with van der Waals surface area (Å²) in [6.07, 6.45) is -0.202. The number of halogens is 5. The lowest BCUT2D eigenvalue weighted by Crippen LogP contribution is -2.40. The second kappa shape index (κ2) is 7.68. The van der Waals surface area contributed by atoms with Gasteiger partial charge in [0.2, 0.25) is 5.60 Å². The highest BCUT2D eigenvalue weighted by molar-refractivity contribution is 5.62. The Morgan fingerprint density at radius 3 is 2.65 bits per heavy atom. The third-order valence-corrected chi connectivity index (χ3v) is 5.26. The van der Waals surface area contributed by atoms with Gasteiger partial charge in [-0.1, -0.05) is 0 Å². The van der Waals surface area contributed by atoms with Crippen LogP contribution in [0.2, 0.25) is 0 Å². The molecule has 1 aliphatic rings. The van der Waals surface area contributed by atoms with Gasteiger partial charge in [-0.15, -0.1) is 0 Å². The average molecular weight is 442 g/mol. The molecule has 0 radical (unpaired) electrons. The van der Waals surface area contributed by atoms with E-state index >= 15 is 0 Å². The van der Waals surface area contributed by atoms with Crippen LogP contribution >= 0.6 is 0 Å². The Morgan fingerprint density at radius 2 is 1.97 bits per heavy atom. The van der Waals surface area contributed by atoms with Gasteiger partial charge < -0.3 is 15.7 Å². The smallest absolute Gasteiger partial charge is 0.375 e. The predicted octanol–water partition coefficient (Wildman–Crippen LogP) is 3.00. The number of pyridine rings is 1. The summed E-state index contributed by atoms with van der Waals surface area (Å²) in [7, 11) is 0. The van der Waals surface area contributed by atoms with Crippen LogP contribution in [0.3, 0.4) is 0 Å². The summed E-state index contributed by atoms with van der Waals surface area (Å²) in [6.45, 7) is 2.00. The van der Waals surface area contributed by atoms with Crippen molar-refractivity contribution in [2.75, 3.05) is 18.4 Å². The summed E-state index contributed by atoms with van der Waals surface area (Å²) in [5.41, 5.74) is -4.16. The molecule has 2 atom stereocenters. The molecule has 3 aromatic heterocycles. The van der Waals surface area contributed by atoms with E-state index in [0.717, 1.165) is 36.2 Å². The molecule has 31 heavy (non-hydrogen) atoms. The number of imidazole rings is 1. The number of rotatable bonds is 4. The first-order chi connectivity index (χ1) is 14.6. The zero-order chi connectivity index (χ0) is 22.4. The second-order valence-electron chi connectivity index (χ2n) is 7.55. The third kappa shape index (κ3) is 3.92. The highest BCUT2D eigenvalue weighted by Gasteiger charge is 2.52. The van der Waals surface area contributed by atoms with E-state index in [4.69, 9.17) is 0 Å². The van der Waals surface area contributed by atoms with Gasteiger partial charge in [-0.3, -0.25) is 9.38 Å². The monoisotopic (exact) mass is 442 g/mol. The van der Waals surface area contributed by atoms with Crippen LogP contribution in [0.1, 0.15) is 25.5 Å². The Kier molecular flexibility index (Phi) is 5.30. The Hall–Kier alpha value is -2.86. The lowest BCUT2D eigenvalue weighted by atomic mass is 10.0. The Bertz CT molecular complexity index is 1110. The topological polar surface area (TPSA) is 87.4 Å². The summed E-state index contributed by atoms with van der Waals surface area (Å²) in [6, 6.07) is 0.558. The highest BCUT2D eigenvalue weighted by atomic mass is 19.4. The molecule has 1 saturated heterocycles. The molecule has 0 bridgehead atoms. The lowest BCUT2D eigenvalue weighted by molar-refractivity contribution is -0.260. The first kappa shape index (κ1) is 21.4. The quantitative estimate of drug-likeness (QED) is 0.539. The van der Waals surface area contributed by atoms with Crippen LogP contribution in [-0.2, 0) is 5.60 Å². The number of anilines is 1. The van der Waals surface area contributed by atoms with Crippen molar-refractivity contribution in [3.8, 4) is 11.4 Å². The van der Waals surface area contributed by atoms with E-state index in [2.05, 4.69) is 25.6 Å². The zero-order valence-electron chi connectivity index (χ0n) is 16.3. The van der Waals surface area contributed by atoms with Crippen LogP contribution < -0.4 is 10.6 Å². The third-order valence-electron chi connectivity index (χ3n) is 5.26. The molecule has 2 unspecified atom stereocenters. The molecule has 1 aliphatic heterocycles. The average Bonchev–Trinajstić information content (AvgIpc) is 3.13. The van der Waals surface area contributed by atoms with E-state index in [1.165, 1.54) is 6.20 Å². The van der Waals surface area contributed by atoms with E-state index in [1.54, 1.807) is 0 Å². The van der Waals surface area contributed by atoms with Gasteiger partial charge in [0.1, 0.15) is 5.69 Å².